The Hall–Kier alpha value is -2.72. The summed E-state index contributed by atoms with van der Waals surface area (Å²) in [5.74, 6) is -0.0181. The average molecular weight is 369 g/mol. The van der Waals surface area contributed by atoms with Gasteiger partial charge in [-0.25, -0.2) is 0 Å². The molecule has 0 spiro atoms. The Morgan fingerprint density at radius 1 is 1.08 bits per heavy atom. The zero-order chi connectivity index (χ0) is 18.9. The first-order chi connectivity index (χ1) is 12.3. The van der Waals surface area contributed by atoms with Crippen LogP contribution in [-0.2, 0) is 0 Å². The summed E-state index contributed by atoms with van der Waals surface area (Å²) in [5, 5.41) is 22.8. The van der Waals surface area contributed by atoms with Gasteiger partial charge >= 0.3 is 0 Å². The molecule has 3 rings (SSSR count). The van der Waals surface area contributed by atoms with Gasteiger partial charge in [0.25, 0.3) is 0 Å². The van der Waals surface area contributed by atoms with Gasteiger partial charge in [0.1, 0.15) is 5.75 Å². The van der Waals surface area contributed by atoms with Crippen LogP contribution in [0.2, 0.25) is 5.02 Å². The lowest BCUT2D eigenvalue weighted by atomic mass is 9.71. The number of hydrogen-bond acceptors (Lipinski definition) is 3. The number of halogens is 1. The van der Waals surface area contributed by atoms with Crippen molar-refractivity contribution in [3.05, 3.63) is 82.4 Å². The minimum absolute atomic E-state index is 0.0624. The van der Waals surface area contributed by atoms with Gasteiger partial charge in [-0.1, -0.05) is 73.1 Å². The Morgan fingerprint density at radius 3 is 2.35 bits per heavy atom. The molecule has 0 aliphatic heterocycles. The van der Waals surface area contributed by atoms with Crippen molar-refractivity contribution >= 4 is 23.0 Å². The summed E-state index contributed by atoms with van der Waals surface area (Å²) in [6.45, 7) is 4.11. The van der Waals surface area contributed by atoms with E-state index in [0.29, 0.717) is 10.6 Å². The standard InChI is InChI=1S/C21H21ClN2O2/c1-21(2)11-16(13-7-9-14(25)10-8-13)19(17(12-21)20(23)24-26)15-5-3-4-6-18(15)22/h3-12,19,25-26H,1-2H3,(H2,23,24). The van der Waals surface area contributed by atoms with Gasteiger partial charge in [0.05, 0.1) is 0 Å². The maximum absolute atomic E-state index is 9.64. The fourth-order valence-corrected chi connectivity index (χ4v) is 3.65. The summed E-state index contributed by atoms with van der Waals surface area (Å²) >= 11 is 6.48. The topological polar surface area (TPSA) is 78.8 Å². The predicted molar refractivity (Wildman–Crippen MR) is 106 cm³/mol. The number of allylic oxidation sites excluding steroid dienone is 3. The van der Waals surface area contributed by atoms with Crippen molar-refractivity contribution in [2.75, 3.05) is 0 Å². The van der Waals surface area contributed by atoms with Crippen molar-refractivity contribution in [1.82, 2.24) is 0 Å². The molecule has 26 heavy (non-hydrogen) atoms. The Labute approximate surface area is 157 Å². The zero-order valence-corrected chi connectivity index (χ0v) is 15.4. The van der Waals surface area contributed by atoms with E-state index in [0.717, 1.165) is 16.7 Å². The molecule has 0 saturated carbocycles. The number of nitrogens with two attached hydrogens (primary N) is 1. The molecule has 0 fully saturated rings. The summed E-state index contributed by atoms with van der Waals surface area (Å²) in [6.07, 6.45) is 4.15. The van der Waals surface area contributed by atoms with Crippen LogP contribution in [0.5, 0.6) is 5.75 Å². The third-order valence-corrected chi connectivity index (χ3v) is 4.84. The van der Waals surface area contributed by atoms with E-state index in [9.17, 15) is 10.3 Å². The average Bonchev–Trinajstić information content (AvgIpc) is 2.61. The van der Waals surface area contributed by atoms with Crippen LogP contribution in [-0.4, -0.2) is 16.1 Å². The zero-order valence-electron chi connectivity index (χ0n) is 14.6. The number of amidine groups is 1. The van der Waals surface area contributed by atoms with E-state index in [1.54, 1.807) is 12.1 Å². The van der Waals surface area contributed by atoms with E-state index < -0.39 is 0 Å². The van der Waals surface area contributed by atoms with Gasteiger partial charge in [-0.2, -0.15) is 0 Å². The number of rotatable bonds is 3. The van der Waals surface area contributed by atoms with Crippen LogP contribution in [0.15, 0.2) is 71.4 Å². The fourth-order valence-electron chi connectivity index (χ4n) is 3.41. The smallest absolute Gasteiger partial charge is 0.166 e. The largest absolute Gasteiger partial charge is 0.508 e. The van der Waals surface area contributed by atoms with Gasteiger partial charge < -0.3 is 16.0 Å². The fraction of sp³-hybridized carbons (Fsp3) is 0.190. The number of phenols is 1. The highest BCUT2D eigenvalue weighted by atomic mass is 35.5. The number of hydrogen-bond donors (Lipinski definition) is 3. The Bertz CT molecular complexity index is 912. The van der Waals surface area contributed by atoms with Gasteiger partial charge in [0, 0.05) is 21.9 Å². The van der Waals surface area contributed by atoms with Crippen LogP contribution >= 0.6 is 11.6 Å². The van der Waals surface area contributed by atoms with Crippen LogP contribution in [0.1, 0.15) is 30.9 Å². The summed E-state index contributed by atoms with van der Waals surface area (Å²) in [4.78, 5) is 0. The maximum atomic E-state index is 9.64. The normalized spacial score (nSPS) is 19.7. The molecular weight excluding hydrogens is 348 g/mol. The molecule has 1 aliphatic carbocycles. The molecule has 2 aromatic carbocycles. The van der Waals surface area contributed by atoms with Crippen molar-refractivity contribution in [2.24, 2.45) is 16.3 Å². The molecule has 134 valence electrons. The Morgan fingerprint density at radius 2 is 1.73 bits per heavy atom. The first kappa shape index (κ1) is 18.1. The molecular formula is C21H21ClN2O2. The van der Waals surface area contributed by atoms with Crippen molar-refractivity contribution < 1.29 is 10.3 Å². The highest BCUT2D eigenvalue weighted by molar-refractivity contribution is 6.31. The Kier molecular flexibility index (Phi) is 4.79. The van der Waals surface area contributed by atoms with E-state index >= 15 is 0 Å². The molecule has 0 saturated heterocycles. The second-order valence-corrected chi connectivity index (χ2v) is 7.41. The van der Waals surface area contributed by atoms with Crippen LogP contribution < -0.4 is 5.73 Å². The highest BCUT2D eigenvalue weighted by Gasteiger charge is 2.33. The highest BCUT2D eigenvalue weighted by Crippen LogP contribution is 2.47. The molecule has 0 radical (unpaired) electrons. The molecule has 0 amide bonds. The van der Waals surface area contributed by atoms with Crippen molar-refractivity contribution in [3.8, 4) is 5.75 Å². The molecule has 1 unspecified atom stereocenters. The van der Waals surface area contributed by atoms with E-state index in [1.807, 2.05) is 42.5 Å². The number of benzene rings is 2. The van der Waals surface area contributed by atoms with Gasteiger partial charge in [0.15, 0.2) is 5.84 Å². The monoisotopic (exact) mass is 368 g/mol. The lowest BCUT2D eigenvalue weighted by Crippen LogP contribution is -2.27. The molecule has 2 aromatic rings. The van der Waals surface area contributed by atoms with Crippen LogP contribution in [0.4, 0.5) is 0 Å². The second-order valence-electron chi connectivity index (χ2n) is 7.01. The quantitative estimate of drug-likeness (QED) is 0.311. The van der Waals surface area contributed by atoms with Crippen LogP contribution in [0, 0.1) is 5.41 Å². The van der Waals surface area contributed by atoms with Gasteiger partial charge in [-0.3, -0.25) is 0 Å². The van der Waals surface area contributed by atoms with E-state index in [-0.39, 0.29) is 22.9 Å². The minimum atomic E-state index is -0.296. The molecule has 1 atom stereocenters. The summed E-state index contributed by atoms with van der Waals surface area (Å²) in [6, 6.07) is 14.6. The lowest BCUT2D eigenvalue weighted by Gasteiger charge is -2.33. The second kappa shape index (κ2) is 6.89. The molecule has 1 aliphatic rings. The minimum Gasteiger partial charge on any atom is -0.508 e. The number of aromatic hydroxyl groups is 1. The third-order valence-electron chi connectivity index (χ3n) is 4.50. The van der Waals surface area contributed by atoms with E-state index in [4.69, 9.17) is 17.3 Å². The summed E-state index contributed by atoms with van der Waals surface area (Å²) in [7, 11) is 0. The number of phenolic OH excluding ortho intramolecular Hbond substituents is 1. The van der Waals surface area contributed by atoms with E-state index in [2.05, 4.69) is 25.1 Å². The summed E-state index contributed by atoms with van der Waals surface area (Å²) in [5.41, 5.74) is 9.25. The molecule has 0 heterocycles. The van der Waals surface area contributed by atoms with Crippen molar-refractivity contribution in [1.29, 1.82) is 0 Å². The maximum Gasteiger partial charge on any atom is 0.166 e. The number of nitrogens with zero attached hydrogens (tertiary/aromatic N) is 1. The van der Waals surface area contributed by atoms with Crippen LogP contribution in [0.3, 0.4) is 0 Å². The molecule has 0 bridgehead atoms. The molecule has 0 aromatic heterocycles. The molecule has 4 nitrogen and oxygen atoms in total. The van der Waals surface area contributed by atoms with Crippen LogP contribution in [0.25, 0.3) is 5.57 Å². The predicted octanol–water partition coefficient (Wildman–Crippen LogP) is 4.93. The van der Waals surface area contributed by atoms with Crippen molar-refractivity contribution in [2.45, 2.75) is 19.8 Å². The van der Waals surface area contributed by atoms with E-state index in [1.165, 1.54) is 0 Å². The van der Waals surface area contributed by atoms with Gasteiger partial charge in [0.2, 0.25) is 0 Å². The summed E-state index contributed by atoms with van der Waals surface area (Å²) < 4.78 is 0. The first-order valence-corrected chi connectivity index (χ1v) is 8.67. The SMILES string of the molecule is CC1(C)C=C(/C(N)=N/O)C(c2ccccc2Cl)C(c2ccc(O)cc2)=C1. The first-order valence-electron chi connectivity index (χ1n) is 8.29. The lowest BCUT2D eigenvalue weighted by molar-refractivity contribution is 0.318. The van der Waals surface area contributed by atoms with Gasteiger partial charge in [-0.15, -0.1) is 0 Å². The third kappa shape index (κ3) is 3.46. The Balaban J connectivity index is 2.26. The number of oxime groups is 1. The molecule has 4 N–H and O–H groups in total. The van der Waals surface area contributed by atoms with Crippen molar-refractivity contribution in [3.63, 3.8) is 0 Å². The van der Waals surface area contributed by atoms with Gasteiger partial charge in [-0.05, 0) is 34.9 Å². The molecule has 5 heteroatoms.